The number of rotatable bonds is 4. The summed E-state index contributed by atoms with van der Waals surface area (Å²) in [5.74, 6) is -1.34. The molecular weight excluding hydrogens is 355 g/mol. The Labute approximate surface area is 145 Å². The van der Waals surface area contributed by atoms with Gasteiger partial charge in [-0.05, 0) is 23.3 Å². The summed E-state index contributed by atoms with van der Waals surface area (Å²) in [5, 5.41) is 0.125. The Kier molecular flexibility index (Phi) is 4.80. The van der Waals surface area contributed by atoms with Gasteiger partial charge in [-0.1, -0.05) is 53.0 Å². The van der Waals surface area contributed by atoms with Crippen molar-refractivity contribution in [1.82, 2.24) is 0 Å². The third kappa shape index (κ3) is 3.26. The number of ether oxygens (including phenoxy) is 1. The Morgan fingerprint density at radius 3 is 2.54 bits per heavy atom. The summed E-state index contributed by atoms with van der Waals surface area (Å²) in [7, 11) is 0. The van der Waals surface area contributed by atoms with Gasteiger partial charge in [0.15, 0.2) is 0 Å². The highest BCUT2D eigenvalue weighted by molar-refractivity contribution is 7.78. The predicted octanol–water partition coefficient (Wildman–Crippen LogP) is 3.33. The maximum atomic E-state index is 14.2. The van der Waals surface area contributed by atoms with Gasteiger partial charge in [-0.25, -0.2) is 9.18 Å². The van der Waals surface area contributed by atoms with Crippen molar-refractivity contribution in [2.75, 3.05) is 6.61 Å². The summed E-state index contributed by atoms with van der Waals surface area (Å²) in [4.78, 5) is 12.1. The number of benzene rings is 2. The molecule has 0 saturated carbocycles. The molecule has 1 atom stereocenters. The number of esters is 1. The van der Waals surface area contributed by atoms with Crippen LogP contribution in [-0.4, -0.2) is 21.3 Å². The monoisotopic (exact) mass is 365 g/mol. The van der Waals surface area contributed by atoms with Crippen LogP contribution in [0.4, 0.5) is 4.39 Å². The quantitative estimate of drug-likeness (QED) is 0.615. The Morgan fingerprint density at radius 1 is 1.21 bits per heavy atom. The third-order valence-corrected chi connectivity index (χ3v) is 4.54. The molecule has 0 amide bonds. The van der Waals surface area contributed by atoms with Gasteiger partial charge in [-0.15, -0.1) is 0 Å². The molecule has 0 aliphatic carbocycles. The van der Waals surface area contributed by atoms with Crippen molar-refractivity contribution in [2.24, 2.45) is 0 Å². The van der Waals surface area contributed by atoms with Crippen molar-refractivity contribution in [3.63, 3.8) is 0 Å². The number of carbonyl (C=O) groups excluding carboxylic acids is 1. The van der Waals surface area contributed by atoms with E-state index in [9.17, 15) is 17.9 Å². The van der Waals surface area contributed by atoms with Crippen LogP contribution < -0.4 is 0 Å². The highest BCUT2D eigenvalue weighted by atomic mass is 35.5. The maximum absolute atomic E-state index is 14.2. The Hall–Kier alpha value is -2.02. The van der Waals surface area contributed by atoms with Crippen LogP contribution in [-0.2, 0) is 26.4 Å². The van der Waals surface area contributed by atoms with E-state index >= 15 is 0 Å². The average molecular weight is 366 g/mol. The van der Waals surface area contributed by atoms with Gasteiger partial charge in [0.05, 0.1) is 10.6 Å². The molecule has 2 aromatic rings. The van der Waals surface area contributed by atoms with Gasteiger partial charge in [0, 0.05) is 16.9 Å². The summed E-state index contributed by atoms with van der Waals surface area (Å²) in [6, 6.07) is 10.8. The lowest BCUT2D eigenvalue weighted by atomic mass is 9.96. The first-order valence-corrected chi connectivity index (χ1v) is 8.59. The average Bonchev–Trinajstić information content (AvgIpc) is 2.89. The lowest BCUT2D eigenvalue weighted by Crippen LogP contribution is -2.01. The zero-order valence-corrected chi connectivity index (χ0v) is 13.8. The van der Waals surface area contributed by atoms with Crippen LogP contribution in [0.5, 0.6) is 0 Å². The molecule has 124 valence electrons. The molecule has 0 radical (unpaired) electrons. The second-order valence-electron chi connectivity index (χ2n) is 5.17. The van der Waals surface area contributed by atoms with Crippen LogP contribution in [0.3, 0.4) is 0 Å². The molecule has 24 heavy (non-hydrogen) atoms. The van der Waals surface area contributed by atoms with Crippen molar-refractivity contribution in [1.29, 1.82) is 0 Å². The van der Waals surface area contributed by atoms with Crippen molar-refractivity contribution < 1.29 is 22.7 Å². The number of carbonyl (C=O) groups is 1. The van der Waals surface area contributed by atoms with E-state index in [0.717, 1.165) is 0 Å². The topological polar surface area (TPSA) is 66.4 Å². The van der Waals surface area contributed by atoms with Crippen LogP contribution in [0.1, 0.15) is 16.7 Å². The molecular formula is C17H11ClFO4S-. The molecule has 0 bridgehead atoms. The smallest absolute Gasteiger partial charge is 0.339 e. The van der Waals surface area contributed by atoms with Gasteiger partial charge in [0.1, 0.15) is 12.4 Å². The molecule has 0 aromatic heterocycles. The van der Waals surface area contributed by atoms with Crippen molar-refractivity contribution in [3.8, 4) is 0 Å². The van der Waals surface area contributed by atoms with Gasteiger partial charge in [0.2, 0.25) is 0 Å². The zero-order valence-electron chi connectivity index (χ0n) is 12.3. The molecule has 0 fully saturated rings. The molecule has 1 aliphatic heterocycles. The predicted molar refractivity (Wildman–Crippen MR) is 88.2 cm³/mol. The summed E-state index contributed by atoms with van der Waals surface area (Å²) >= 11 is 3.88. The van der Waals surface area contributed by atoms with Crippen LogP contribution in [0.2, 0.25) is 5.02 Å². The normalized spacial score (nSPS) is 15.5. The summed E-state index contributed by atoms with van der Waals surface area (Å²) in [6.07, 6.45) is 0. The maximum Gasteiger partial charge on any atom is 0.339 e. The van der Waals surface area contributed by atoms with Crippen molar-refractivity contribution in [2.45, 2.75) is 5.75 Å². The van der Waals surface area contributed by atoms with Gasteiger partial charge >= 0.3 is 5.97 Å². The van der Waals surface area contributed by atoms with Crippen LogP contribution in [0.15, 0.2) is 42.5 Å². The highest BCUT2D eigenvalue weighted by Gasteiger charge is 2.30. The van der Waals surface area contributed by atoms with E-state index in [4.69, 9.17) is 16.3 Å². The molecule has 3 rings (SSSR count). The van der Waals surface area contributed by atoms with E-state index in [1.165, 1.54) is 18.2 Å². The summed E-state index contributed by atoms with van der Waals surface area (Å²) in [5.41, 5.74) is 1.89. The van der Waals surface area contributed by atoms with Crippen LogP contribution >= 0.6 is 11.6 Å². The van der Waals surface area contributed by atoms with Crippen LogP contribution in [0, 0.1) is 5.82 Å². The van der Waals surface area contributed by atoms with Gasteiger partial charge < -0.3 is 9.29 Å². The Morgan fingerprint density at radius 2 is 1.92 bits per heavy atom. The molecule has 0 N–H and O–H groups in total. The van der Waals surface area contributed by atoms with E-state index in [-0.39, 0.29) is 28.5 Å². The number of cyclic esters (lactones) is 1. The molecule has 1 heterocycles. The summed E-state index contributed by atoms with van der Waals surface area (Å²) < 4.78 is 40.7. The lowest BCUT2D eigenvalue weighted by molar-refractivity contribution is -0.133. The fraction of sp³-hybridized carbons (Fsp3) is 0.118. The first-order chi connectivity index (χ1) is 11.5. The van der Waals surface area contributed by atoms with E-state index in [1.807, 2.05) is 0 Å². The second kappa shape index (κ2) is 6.84. The Balaban J connectivity index is 2.09. The van der Waals surface area contributed by atoms with E-state index in [0.29, 0.717) is 16.7 Å². The highest BCUT2D eigenvalue weighted by Crippen LogP contribution is 2.37. The molecule has 0 spiro atoms. The lowest BCUT2D eigenvalue weighted by Gasteiger charge is -2.09. The number of hydrogen-bond acceptors (Lipinski definition) is 4. The largest absolute Gasteiger partial charge is 0.772 e. The minimum Gasteiger partial charge on any atom is -0.772 e. The minimum atomic E-state index is -2.18. The fourth-order valence-electron chi connectivity index (χ4n) is 2.56. The van der Waals surface area contributed by atoms with Crippen LogP contribution in [0.25, 0.3) is 11.1 Å². The molecule has 2 aromatic carbocycles. The van der Waals surface area contributed by atoms with Crippen molar-refractivity contribution in [3.05, 3.63) is 70.0 Å². The first kappa shape index (κ1) is 16.8. The molecule has 1 aliphatic rings. The van der Waals surface area contributed by atoms with E-state index < -0.39 is 22.9 Å². The standard InChI is InChI=1S/C17H12ClFO4S/c18-13-2-1-3-14(19)16(13)15-12(8-23-17(15)20)11-6-4-10(5-7-11)9-24(21)22/h1-7H,8-9H2,(H,21,22)/p-1. The van der Waals surface area contributed by atoms with Gasteiger partial charge in [0.25, 0.3) is 0 Å². The molecule has 1 unspecified atom stereocenters. The second-order valence-corrected chi connectivity index (χ2v) is 6.47. The van der Waals surface area contributed by atoms with Gasteiger partial charge in [-0.2, -0.15) is 0 Å². The Bertz CT molecular complexity index is 841. The number of halogens is 2. The first-order valence-electron chi connectivity index (χ1n) is 6.97. The van der Waals surface area contributed by atoms with E-state index in [1.54, 1.807) is 24.3 Å². The third-order valence-electron chi connectivity index (χ3n) is 3.65. The zero-order chi connectivity index (χ0) is 17.3. The molecule has 7 heteroatoms. The fourth-order valence-corrected chi connectivity index (χ4v) is 3.28. The number of hydrogen-bond donors (Lipinski definition) is 0. The molecule has 4 nitrogen and oxygen atoms in total. The van der Waals surface area contributed by atoms with Crippen molar-refractivity contribution >= 4 is 39.8 Å². The summed E-state index contributed by atoms with van der Waals surface area (Å²) in [6.45, 7) is 0.00562. The SMILES string of the molecule is O=C1OCC(c2ccc(CS(=O)[O-])cc2)=C1c1c(F)cccc1Cl. The molecule has 0 saturated heterocycles. The minimum absolute atomic E-state index is 0.00562. The van der Waals surface area contributed by atoms with Gasteiger partial charge in [-0.3, -0.25) is 4.21 Å². The van der Waals surface area contributed by atoms with E-state index in [2.05, 4.69) is 0 Å².